The summed E-state index contributed by atoms with van der Waals surface area (Å²) in [6.07, 6.45) is -4.46. The number of anilines is 2. The zero-order valence-electron chi connectivity index (χ0n) is 18.3. The van der Waals surface area contributed by atoms with Crippen LogP contribution in [0.3, 0.4) is 0 Å². The second-order valence-electron chi connectivity index (χ2n) is 8.36. The standard InChI is InChI=1S/C24H28F3N5/c1-3-31-8-10-32(11-9-31)14-17-6-5-16(12-20(17)24(25,26)27)21-13-19-18(23(29)30-21)7-4-15(2)22(19)28/h4-7,12-13H,3,8-11,14,28H2,1-2H3,(H2,29,30). The molecule has 5 nitrogen and oxygen atoms in total. The maximum Gasteiger partial charge on any atom is 0.416 e. The van der Waals surface area contributed by atoms with Gasteiger partial charge in [0.15, 0.2) is 0 Å². The van der Waals surface area contributed by atoms with Crippen LogP contribution in [-0.2, 0) is 12.7 Å². The molecule has 0 amide bonds. The van der Waals surface area contributed by atoms with Crippen LogP contribution in [0.2, 0.25) is 0 Å². The molecule has 170 valence electrons. The lowest BCUT2D eigenvalue weighted by Gasteiger charge is -2.34. The first-order valence-corrected chi connectivity index (χ1v) is 10.8. The van der Waals surface area contributed by atoms with Gasteiger partial charge in [0.05, 0.1) is 11.3 Å². The summed E-state index contributed by atoms with van der Waals surface area (Å²) in [6.45, 7) is 8.46. The fourth-order valence-electron chi connectivity index (χ4n) is 4.27. The van der Waals surface area contributed by atoms with Crippen molar-refractivity contribution in [2.75, 3.05) is 44.2 Å². The molecule has 1 aliphatic heterocycles. The number of nitrogen functional groups attached to an aromatic ring is 2. The average molecular weight is 444 g/mol. The van der Waals surface area contributed by atoms with E-state index in [4.69, 9.17) is 11.5 Å². The van der Waals surface area contributed by atoms with Crippen molar-refractivity contribution in [3.05, 3.63) is 53.1 Å². The van der Waals surface area contributed by atoms with Crippen molar-refractivity contribution in [2.24, 2.45) is 0 Å². The second-order valence-corrected chi connectivity index (χ2v) is 8.36. The molecule has 0 radical (unpaired) electrons. The molecule has 1 fully saturated rings. The number of rotatable bonds is 4. The van der Waals surface area contributed by atoms with Crippen LogP contribution in [0.4, 0.5) is 24.7 Å². The molecule has 4 N–H and O–H groups in total. The normalized spacial score (nSPS) is 16.0. The van der Waals surface area contributed by atoms with Gasteiger partial charge in [-0.1, -0.05) is 31.2 Å². The van der Waals surface area contributed by atoms with Crippen LogP contribution in [0.5, 0.6) is 0 Å². The maximum atomic E-state index is 14.0. The number of nitrogens with two attached hydrogens (primary N) is 2. The molecule has 0 unspecified atom stereocenters. The Kier molecular flexibility index (Phi) is 6.01. The van der Waals surface area contributed by atoms with Crippen molar-refractivity contribution in [1.29, 1.82) is 0 Å². The Labute approximate surface area is 185 Å². The molecule has 1 aromatic heterocycles. The van der Waals surface area contributed by atoms with E-state index in [-0.39, 0.29) is 17.9 Å². The van der Waals surface area contributed by atoms with E-state index in [0.29, 0.717) is 27.7 Å². The van der Waals surface area contributed by atoms with Gasteiger partial charge >= 0.3 is 6.18 Å². The van der Waals surface area contributed by atoms with Gasteiger partial charge in [-0.15, -0.1) is 0 Å². The number of halogens is 3. The molecule has 0 bridgehead atoms. The first kappa shape index (κ1) is 22.4. The summed E-state index contributed by atoms with van der Waals surface area (Å²) in [7, 11) is 0. The second kappa shape index (κ2) is 8.60. The Morgan fingerprint density at radius 1 is 0.938 bits per heavy atom. The fraction of sp³-hybridized carbons (Fsp3) is 0.375. The minimum Gasteiger partial charge on any atom is -0.398 e. The van der Waals surface area contributed by atoms with Gasteiger partial charge in [0.25, 0.3) is 0 Å². The number of alkyl halides is 3. The molecule has 0 spiro atoms. The van der Waals surface area contributed by atoms with Crippen molar-refractivity contribution >= 4 is 22.3 Å². The summed E-state index contributed by atoms with van der Waals surface area (Å²) in [4.78, 5) is 8.74. The number of pyridine rings is 1. The van der Waals surface area contributed by atoms with Crippen LogP contribution >= 0.6 is 0 Å². The molecule has 1 saturated heterocycles. The lowest BCUT2D eigenvalue weighted by molar-refractivity contribution is -0.138. The number of fused-ring (bicyclic) bond motifs is 1. The average Bonchev–Trinajstić information content (AvgIpc) is 2.76. The summed E-state index contributed by atoms with van der Waals surface area (Å²) in [5, 5.41) is 1.38. The van der Waals surface area contributed by atoms with Crippen molar-refractivity contribution in [1.82, 2.24) is 14.8 Å². The number of nitrogens with zero attached hydrogens (tertiary/aromatic N) is 3. The van der Waals surface area contributed by atoms with Gasteiger partial charge in [-0.25, -0.2) is 4.98 Å². The Morgan fingerprint density at radius 3 is 2.28 bits per heavy atom. The van der Waals surface area contributed by atoms with Gasteiger partial charge in [-0.05, 0) is 36.7 Å². The van der Waals surface area contributed by atoms with E-state index < -0.39 is 11.7 Å². The van der Waals surface area contributed by atoms with E-state index in [0.717, 1.165) is 38.3 Å². The van der Waals surface area contributed by atoms with Gasteiger partial charge in [0.2, 0.25) is 0 Å². The smallest absolute Gasteiger partial charge is 0.398 e. The van der Waals surface area contributed by atoms with E-state index in [2.05, 4.69) is 21.7 Å². The van der Waals surface area contributed by atoms with Crippen LogP contribution < -0.4 is 11.5 Å². The summed E-state index contributed by atoms with van der Waals surface area (Å²) >= 11 is 0. The first-order valence-electron chi connectivity index (χ1n) is 10.8. The van der Waals surface area contributed by atoms with Gasteiger partial charge in [-0.2, -0.15) is 13.2 Å². The van der Waals surface area contributed by atoms with Crippen molar-refractivity contribution in [2.45, 2.75) is 26.6 Å². The van der Waals surface area contributed by atoms with Gasteiger partial charge in [-0.3, -0.25) is 4.90 Å². The highest BCUT2D eigenvalue weighted by molar-refractivity contribution is 6.01. The molecular formula is C24H28F3N5. The van der Waals surface area contributed by atoms with Gasteiger partial charge < -0.3 is 16.4 Å². The van der Waals surface area contributed by atoms with Crippen LogP contribution in [0.15, 0.2) is 36.4 Å². The Bertz CT molecular complexity index is 1130. The van der Waals surface area contributed by atoms with E-state index in [1.165, 1.54) is 6.07 Å². The number of hydrogen-bond acceptors (Lipinski definition) is 5. The van der Waals surface area contributed by atoms with E-state index >= 15 is 0 Å². The number of hydrogen-bond donors (Lipinski definition) is 2. The molecule has 1 aliphatic rings. The quantitative estimate of drug-likeness (QED) is 0.580. The van der Waals surface area contributed by atoms with Crippen LogP contribution in [0, 0.1) is 6.92 Å². The van der Waals surface area contributed by atoms with Gasteiger partial charge in [0.1, 0.15) is 5.82 Å². The lowest BCUT2D eigenvalue weighted by atomic mass is 9.98. The predicted octanol–water partition coefficient (Wildman–Crippen LogP) is 4.53. The summed E-state index contributed by atoms with van der Waals surface area (Å²) in [5.41, 5.74) is 14.1. The molecule has 3 aromatic rings. The highest BCUT2D eigenvalue weighted by Gasteiger charge is 2.34. The third-order valence-electron chi connectivity index (χ3n) is 6.32. The van der Waals surface area contributed by atoms with Crippen molar-refractivity contribution in [3.63, 3.8) is 0 Å². The monoisotopic (exact) mass is 443 g/mol. The predicted molar refractivity (Wildman–Crippen MR) is 123 cm³/mol. The van der Waals surface area contributed by atoms with Gasteiger partial charge in [0, 0.05) is 54.7 Å². The van der Waals surface area contributed by atoms with E-state index in [1.54, 1.807) is 18.2 Å². The highest BCUT2D eigenvalue weighted by atomic mass is 19.4. The molecule has 32 heavy (non-hydrogen) atoms. The van der Waals surface area contributed by atoms with Crippen LogP contribution in [0.1, 0.15) is 23.6 Å². The number of aromatic nitrogens is 1. The third kappa shape index (κ3) is 4.38. The number of piperazine rings is 1. The summed E-state index contributed by atoms with van der Waals surface area (Å²) < 4.78 is 41.9. The van der Waals surface area contributed by atoms with Crippen LogP contribution in [-0.4, -0.2) is 47.5 Å². The minimum absolute atomic E-state index is 0.246. The van der Waals surface area contributed by atoms with Crippen molar-refractivity contribution in [3.8, 4) is 11.3 Å². The lowest BCUT2D eigenvalue weighted by Crippen LogP contribution is -2.45. The SMILES string of the molecule is CCN1CCN(Cc2ccc(-c3cc4c(N)c(C)ccc4c(N)n3)cc2C(F)(F)F)CC1. The molecule has 0 saturated carbocycles. The van der Waals surface area contributed by atoms with E-state index in [9.17, 15) is 13.2 Å². The Hall–Kier alpha value is -2.84. The zero-order valence-corrected chi connectivity index (χ0v) is 18.3. The topological polar surface area (TPSA) is 71.4 Å². The van der Waals surface area contributed by atoms with E-state index in [1.807, 2.05) is 19.1 Å². The molecule has 0 aliphatic carbocycles. The largest absolute Gasteiger partial charge is 0.416 e. The Morgan fingerprint density at radius 2 is 1.62 bits per heavy atom. The molecule has 0 atom stereocenters. The zero-order chi connectivity index (χ0) is 23.0. The Balaban J connectivity index is 1.71. The molecule has 2 aromatic carbocycles. The molecule has 2 heterocycles. The third-order valence-corrected chi connectivity index (χ3v) is 6.32. The fourth-order valence-corrected chi connectivity index (χ4v) is 4.27. The minimum atomic E-state index is -4.46. The maximum absolute atomic E-state index is 14.0. The number of benzene rings is 2. The van der Waals surface area contributed by atoms with Crippen molar-refractivity contribution < 1.29 is 13.2 Å². The highest BCUT2D eigenvalue weighted by Crippen LogP contribution is 2.37. The summed E-state index contributed by atoms with van der Waals surface area (Å²) in [5.74, 6) is 0.246. The number of aryl methyl sites for hydroxylation is 1. The molecule has 4 rings (SSSR count). The van der Waals surface area contributed by atoms with Crippen LogP contribution in [0.25, 0.3) is 22.0 Å². The first-order chi connectivity index (χ1) is 15.2. The molecular weight excluding hydrogens is 415 g/mol. The number of likely N-dealkylation sites (N-methyl/N-ethyl adjacent to an activating group) is 1. The molecule has 8 heteroatoms. The summed E-state index contributed by atoms with van der Waals surface area (Å²) in [6, 6.07) is 9.82.